The maximum atomic E-state index is 11.8. The maximum Gasteiger partial charge on any atom is 0.408 e. The van der Waals surface area contributed by atoms with Crippen LogP contribution in [0.1, 0.15) is 32.8 Å². The smallest absolute Gasteiger partial charge is 0.408 e. The van der Waals surface area contributed by atoms with Gasteiger partial charge in [0.25, 0.3) is 0 Å². The number of alkyl carbamates (subject to hydrolysis) is 1. The highest BCUT2D eigenvalue weighted by Crippen LogP contribution is 2.42. The van der Waals surface area contributed by atoms with Crippen LogP contribution in [0.15, 0.2) is 53.0 Å². The Balaban J connectivity index is 1.65. The summed E-state index contributed by atoms with van der Waals surface area (Å²) < 4.78 is 11.1. The van der Waals surface area contributed by atoms with Crippen LogP contribution in [0.3, 0.4) is 0 Å². The Bertz CT molecular complexity index is 801. The van der Waals surface area contributed by atoms with Crippen LogP contribution in [0.5, 0.6) is 0 Å². The van der Waals surface area contributed by atoms with Gasteiger partial charge < -0.3 is 20.5 Å². The van der Waals surface area contributed by atoms with Gasteiger partial charge in [-0.05, 0) is 62.6 Å². The molecule has 3 rings (SSSR count). The molecular formula is C20H23ClN2O3. The summed E-state index contributed by atoms with van der Waals surface area (Å²) in [4.78, 5) is 11.8. The lowest BCUT2D eigenvalue weighted by Gasteiger charge is -2.20. The van der Waals surface area contributed by atoms with Crippen LogP contribution in [-0.2, 0) is 9.47 Å². The number of nitrogen functional groups attached to an aromatic ring is 1. The van der Waals surface area contributed by atoms with Crippen molar-refractivity contribution in [2.45, 2.75) is 32.8 Å². The van der Waals surface area contributed by atoms with Crippen molar-refractivity contribution < 1.29 is 14.3 Å². The molecule has 1 aromatic carbocycles. The first-order valence-corrected chi connectivity index (χ1v) is 8.90. The number of rotatable bonds is 3. The number of carbonyl (C=O) groups is 1. The number of halogens is 1. The van der Waals surface area contributed by atoms with Crippen LogP contribution >= 0.6 is 11.6 Å². The average molecular weight is 375 g/mol. The monoisotopic (exact) mass is 374 g/mol. The fourth-order valence-electron chi connectivity index (χ4n) is 2.92. The standard InChI is InChI=1S/C20H23ClN2O3/c1-20(2,3)26-19(24)23-11-16-9-14-8-13(10-17(21)18(14)25-16)12-4-6-15(22)7-5-12/h4-7,9-10,14H,8,11,22H2,1-3H3,(H,23,24). The van der Waals surface area contributed by atoms with E-state index in [9.17, 15) is 4.79 Å². The first-order valence-electron chi connectivity index (χ1n) is 8.53. The van der Waals surface area contributed by atoms with Crippen molar-refractivity contribution in [2.75, 3.05) is 12.3 Å². The Hall–Kier alpha value is -2.40. The highest BCUT2D eigenvalue weighted by Gasteiger charge is 2.30. The quantitative estimate of drug-likeness (QED) is 0.760. The molecular weight excluding hydrogens is 352 g/mol. The molecule has 6 heteroatoms. The summed E-state index contributed by atoms with van der Waals surface area (Å²) in [6.07, 6.45) is 4.24. The number of carbonyl (C=O) groups excluding carboxylic acids is 1. The van der Waals surface area contributed by atoms with E-state index in [0.29, 0.717) is 10.8 Å². The second-order valence-corrected chi connectivity index (χ2v) is 7.81. The van der Waals surface area contributed by atoms with Gasteiger partial charge in [-0.15, -0.1) is 0 Å². The van der Waals surface area contributed by atoms with E-state index in [1.165, 1.54) is 0 Å². The van der Waals surface area contributed by atoms with Crippen LogP contribution in [0.4, 0.5) is 10.5 Å². The zero-order valence-corrected chi connectivity index (χ0v) is 15.9. The fraction of sp³-hybridized carbons (Fsp3) is 0.350. The van der Waals surface area contributed by atoms with Crippen LogP contribution in [0.2, 0.25) is 0 Å². The van der Waals surface area contributed by atoms with Crippen LogP contribution < -0.4 is 11.1 Å². The van der Waals surface area contributed by atoms with Crippen molar-refractivity contribution in [3.63, 3.8) is 0 Å². The van der Waals surface area contributed by atoms with Crippen LogP contribution in [-0.4, -0.2) is 18.2 Å². The number of nitrogens with one attached hydrogen (secondary N) is 1. The molecule has 1 amide bonds. The van der Waals surface area contributed by atoms with Crippen LogP contribution in [0, 0.1) is 5.92 Å². The number of anilines is 1. The van der Waals surface area contributed by atoms with E-state index in [1.807, 2.05) is 57.2 Å². The zero-order valence-electron chi connectivity index (χ0n) is 15.1. The molecule has 1 aromatic rings. The summed E-state index contributed by atoms with van der Waals surface area (Å²) in [7, 11) is 0. The zero-order chi connectivity index (χ0) is 18.9. The lowest BCUT2D eigenvalue weighted by Crippen LogP contribution is -2.33. The minimum absolute atomic E-state index is 0.0653. The molecule has 138 valence electrons. The van der Waals surface area contributed by atoms with Gasteiger partial charge in [0.1, 0.15) is 17.1 Å². The van der Waals surface area contributed by atoms with Gasteiger partial charge >= 0.3 is 6.09 Å². The molecule has 0 fully saturated rings. The van der Waals surface area contributed by atoms with Gasteiger partial charge in [0.2, 0.25) is 0 Å². The molecule has 5 nitrogen and oxygen atoms in total. The summed E-state index contributed by atoms with van der Waals surface area (Å²) in [6.45, 7) is 5.72. The Labute approximate surface area is 158 Å². The van der Waals surface area contributed by atoms with E-state index in [4.69, 9.17) is 26.8 Å². The summed E-state index contributed by atoms with van der Waals surface area (Å²) >= 11 is 6.42. The third-order valence-corrected chi connectivity index (χ3v) is 4.32. The first-order chi connectivity index (χ1) is 12.2. The van der Waals surface area contributed by atoms with Gasteiger partial charge in [-0.1, -0.05) is 23.7 Å². The number of ether oxygens (including phenoxy) is 2. The normalized spacial score (nSPS) is 19.3. The Kier molecular flexibility index (Phi) is 5.01. The first kappa shape index (κ1) is 18.4. The molecule has 1 aliphatic carbocycles. The Morgan fingerprint density at radius 1 is 1.35 bits per heavy atom. The number of hydrogen-bond acceptors (Lipinski definition) is 4. The molecule has 1 atom stereocenters. The van der Waals surface area contributed by atoms with Crippen molar-refractivity contribution >= 4 is 29.0 Å². The van der Waals surface area contributed by atoms with Crippen molar-refractivity contribution in [2.24, 2.45) is 5.92 Å². The number of fused-ring (bicyclic) bond motifs is 1. The van der Waals surface area contributed by atoms with Gasteiger partial charge in [0.05, 0.1) is 11.6 Å². The number of benzene rings is 1. The molecule has 0 aromatic heterocycles. The molecule has 1 aliphatic heterocycles. The average Bonchev–Trinajstić information content (AvgIpc) is 2.96. The van der Waals surface area contributed by atoms with Gasteiger partial charge in [0, 0.05) is 11.6 Å². The number of hydrogen-bond donors (Lipinski definition) is 2. The molecule has 3 N–H and O–H groups in total. The third-order valence-electron chi connectivity index (χ3n) is 4.03. The van der Waals surface area contributed by atoms with Crippen molar-refractivity contribution in [3.05, 3.63) is 58.5 Å². The molecule has 0 saturated carbocycles. The molecule has 0 spiro atoms. The van der Waals surface area contributed by atoms with E-state index in [2.05, 4.69) is 5.32 Å². The van der Waals surface area contributed by atoms with Gasteiger partial charge in [0.15, 0.2) is 0 Å². The van der Waals surface area contributed by atoms with Crippen LogP contribution in [0.25, 0.3) is 5.57 Å². The predicted molar refractivity (Wildman–Crippen MR) is 103 cm³/mol. The molecule has 1 heterocycles. The topological polar surface area (TPSA) is 73.6 Å². The minimum atomic E-state index is -0.535. The molecule has 0 bridgehead atoms. The minimum Gasteiger partial charge on any atom is -0.462 e. The maximum absolute atomic E-state index is 11.8. The van der Waals surface area contributed by atoms with E-state index >= 15 is 0 Å². The Morgan fingerprint density at radius 3 is 2.69 bits per heavy atom. The number of nitrogens with two attached hydrogens (primary N) is 1. The fourth-order valence-corrected chi connectivity index (χ4v) is 3.23. The lowest BCUT2D eigenvalue weighted by atomic mass is 9.89. The summed E-state index contributed by atoms with van der Waals surface area (Å²) in [5.74, 6) is 1.46. The van der Waals surface area contributed by atoms with Gasteiger partial charge in [-0.25, -0.2) is 4.79 Å². The molecule has 0 radical (unpaired) electrons. The summed E-state index contributed by atoms with van der Waals surface area (Å²) in [5, 5.41) is 3.28. The van der Waals surface area contributed by atoms with E-state index < -0.39 is 11.7 Å². The highest BCUT2D eigenvalue weighted by molar-refractivity contribution is 6.32. The van der Waals surface area contributed by atoms with E-state index in [0.717, 1.165) is 29.0 Å². The van der Waals surface area contributed by atoms with E-state index in [1.54, 1.807) is 0 Å². The van der Waals surface area contributed by atoms with Crippen molar-refractivity contribution in [1.82, 2.24) is 5.32 Å². The van der Waals surface area contributed by atoms with Gasteiger partial charge in [-0.3, -0.25) is 0 Å². The number of amides is 1. The second kappa shape index (κ2) is 7.08. The SMILES string of the molecule is CC(C)(C)OC(=O)NCC1=CC2CC(c3ccc(N)cc3)=CC(Cl)=C2O1. The number of allylic oxidation sites excluding steroid dienone is 4. The van der Waals surface area contributed by atoms with Gasteiger partial charge in [-0.2, -0.15) is 0 Å². The second-order valence-electron chi connectivity index (χ2n) is 7.40. The molecule has 2 aliphatic rings. The third kappa shape index (κ3) is 4.41. The Morgan fingerprint density at radius 2 is 2.04 bits per heavy atom. The molecule has 1 unspecified atom stereocenters. The summed E-state index contributed by atoms with van der Waals surface area (Å²) in [6, 6.07) is 7.72. The molecule has 26 heavy (non-hydrogen) atoms. The molecule has 0 saturated heterocycles. The highest BCUT2D eigenvalue weighted by atomic mass is 35.5. The lowest BCUT2D eigenvalue weighted by molar-refractivity contribution is 0.0526. The van der Waals surface area contributed by atoms with Crippen molar-refractivity contribution in [3.8, 4) is 0 Å². The van der Waals surface area contributed by atoms with E-state index in [-0.39, 0.29) is 12.5 Å². The predicted octanol–water partition coefficient (Wildman–Crippen LogP) is 4.56. The largest absolute Gasteiger partial charge is 0.462 e. The summed E-state index contributed by atoms with van der Waals surface area (Å²) in [5.41, 5.74) is 8.17. The van der Waals surface area contributed by atoms with Crippen molar-refractivity contribution in [1.29, 1.82) is 0 Å².